The Hall–Kier alpha value is -3.34. The molecule has 2 heterocycles. The van der Waals surface area contributed by atoms with Crippen molar-refractivity contribution in [3.8, 4) is 5.75 Å². The van der Waals surface area contributed by atoms with E-state index in [1.807, 2.05) is 6.07 Å². The maximum absolute atomic E-state index is 12.7. The lowest BCUT2D eigenvalue weighted by Gasteiger charge is -2.26. The Kier molecular flexibility index (Phi) is 4.50. The van der Waals surface area contributed by atoms with Gasteiger partial charge < -0.3 is 14.1 Å². The first-order valence-corrected chi connectivity index (χ1v) is 8.79. The number of methoxy groups -OCH3 is 1. The van der Waals surface area contributed by atoms with Gasteiger partial charge in [-0.2, -0.15) is 0 Å². The highest BCUT2D eigenvalue weighted by Gasteiger charge is 2.23. The van der Waals surface area contributed by atoms with E-state index >= 15 is 0 Å². The molecule has 0 aliphatic carbocycles. The molecule has 0 radical (unpaired) electrons. The summed E-state index contributed by atoms with van der Waals surface area (Å²) in [4.78, 5) is 27.1. The van der Waals surface area contributed by atoms with E-state index < -0.39 is 0 Å². The van der Waals surface area contributed by atoms with Crippen molar-refractivity contribution in [3.05, 3.63) is 88.9 Å². The molecule has 0 saturated heterocycles. The monoisotopic (exact) mass is 361 g/mol. The lowest BCUT2D eigenvalue weighted by Crippen LogP contribution is -2.35. The summed E-state index contributed by atoms with van der Waals surface area (Å²) >= 11 is 0. The van der Waals surface area contributed by atoms with Gasteiger partial charge in [-0.3, -0.25) is 9.59 Å². The molecule has 0 unspecified atom stereocenters. The van der Waals surface area contributed by atoms with E-state index in [1.165, 1.54) is 0 Å². The first kappa shape index (κ1) is 17.1. The number of ketones is 1. The number of rotatable bonds is 4. The highest BCUT2D eigenvalue weighted by Crippen LogP contribution is 2.22. The zero-order valence-corrected chi connectivity index (χ0v) is 15.0. The van der Waals surface area contributed by atoms with Gasteiger partial charge in [0.05, 0.1) is 13.4 Å². The van der Waals surface area contributed by atoms with Crippen molar-refractivity contribution in [1.29, 1.82) is 0 Å². The van der Waals surface area contributed by atoms with Crippen LogP contribution in [0.5, 0.6) is 5.75 Å². The quantitative estimate of drug-likeness (QED) is 0.665. The molecule has 0 saturated carbocycles. The molecule has 2 aromatic carbocycles. The van der Waals surface area contributed by atoms with Crippen molar-refractivity contribution in [2.75, 3.05) is 13.7 Å². The average molecular weight is 361 g/mol. The van der Waals surface area contributed by atoms with Gasteiger partial charge in [-0.05, 0) is 42.5 Å². The van der Waals surface area contributed by atoms with E-state index in [9.17, 15) is 9.59 Å². The Morgan fingerprint density at radius 1 is 0.926 bits per heavy atom. The van der Waals surface area contributed by atoms with Crippen molar-refractivity contribution in [2.45, 2.75) is 13.0 Å². The van der Waals surface area contributed by atoms with Crippen molar-refractivity contribution < 1.29 is 18.7 Å². The molecule has 1 amide bonds. The number of ether oxygens (including phenoxy) is 1. The van der Waals surface area contributed by atoms with E-state index in [-0.39, 0.29) is 11.7 Å². The fourth-order valence-electron chi connectivity index (χ4n) is 3.28. The van der Waals surface area contributed by atoms with Gasteiger partial charge >= 0.3 is 0 Å². The maximum atomic E-state index is 12.7. The Labute approximate surface area is 157 Å². The van der Waals surface area contributed by atoms with Crippen LogP contribution < -0.4 is 4.74 Å². The van der Waals surface area contributed by atoms with Crippen LogP contribution in [-0.4, -0.2) is 30.2 Å². The number of fused-ring (bicyclic) bond motifs is 1. The summed E-state index contributed by atoms with van der Waals surface area (Å²) < 4.78 is 10.5. The van der Waals surface area contributed by atoms with Crippen molar-refractivity contribution in [2.24, 2.45) is 0 Å². The molecular formula is C22H19NO4. The van der Waals surface area contributed by atoms with Gasteiger partial charge in [0.25, 0.3) is 5.91 Å². The summed E-state index contributed by atoms with van der Waals surface area (Å²) in [6.07, 6.45) is 2.39. The molecule has 0 spiro atoms. The molecular weight excluding hydrogens is 342 g/mol. The molecule has 0 fully saturated rings. The van der Waals surface area contributed by atoms with Gasteiger partial charge in [0, 0.05) is 41.8 Å². The molecule has 5 nitrogen and oxygen atoms in total. The van der Waals surface area contributed by atoms with Gasteiger partial charge in [-0.25, -0.2) is 0 Å². The minimum atomic E-state index is -0.0855. The largest absolute Gasteiger partial charge is 0.497 e. The van der Waals surface area contributed by atoms with Gasteiger partial charge in [-0.1, -0.05) is 12.1 Å². The van der Waals surface area contributed by atoms with Crippen LogP contribution in [0, 0.1) is 0 Å². The third kappa shape index (κ3) is 3.36. The number of amides is 1. The summed E-state index contributed by atoms with van der Waals surface area (Å²) in [5.74, 6) is 1.54. The average Bonchev–Trinajstić information content (AvgIpc) is 3.21. The van der Waals surface area contributed by atoms with Crippen LogP contribution in [0.25, 0.3) is 0 Å². The van der Waals surface area contributed by atoms with E-state index in [0.29, 0.717) is 35.5 Å². The van der Waals surface area contributed by atoms with Gasteiger partial charge in [0.15, 0.2) is 5.78 Å². The smallest absolute Gasteiger partial charge is 0.254 e. The number of nitrogens with zero attached hydrogens (tertiary/aromatic N) is 1. The molecule has 0 bridgehead atoms. The summed E-state index contributed by atoms with van der Waals surface area (Å²) in [6.45, 7) is 1.18. The number of hydrogen-bond acceptors (Lipinski definition) is 4. The number of carbonyl (C=O) groups is 2. The lowest BCUT2D eigenvalue weighted by atomic mass is 10.0. The van der Waals surface area contributed by atoms with Crippen LogP contribution in [0.4, 0.5) is 0 Å². The minimum absolute atomic E-state index is 0.0368. The summed E-state index contributed by atoms with van der Waals surface area (Å²) in [5.41, 5.74) is 2.76. The normalized spacial score (nSPS) is 13.1. The lowest BCUT2D eigenvalue weighted by molar-refractivity contribution is 0.0729. The van der Waals surface area contributed by atoms with E-state index in [4.69, 9.17) is 9.15 Å². The van der Waals surface area contributed by atoms with Crippen LogP contribution >= 0.6 is 0 Å². The SMILES string of the molecule is COc1ccc(C(=O)c2ccc(C(=O)N3CCc4occc4C3)cc2)cc1. The van der Waals surface area contributed by atoms with Crippen LogP contribution in [0.2, 0.25) is 0 Å². The Morgan fingerprint density at radius 3 is 2.22 bits per heavy atom. The highest BCUT2D eigenvalue weighted by atomic mass is 16.5. The number of hydrogen-bond donors (Lipinski definition) is 0. The number of carbonyl (C=O) groups excluding carboxylic acids is 2. The topological polar surface area (TPSA) is 59.8 Å². The van der Waals surface area contributed by atoms with Crippen LogP contribution in [0.3, 0.4) is 0 Å². The molecule has 1 aliphatic rings. The van der Waals surface area contributed by atoms with Gasteiger partial charge in [-0.15, -0.1) is 0 Å². The molecule has 136 valence electrons. The van der Waals surface area contributed by atoms with Crippen LogP contribution in [0.15, 0.2) is 65.3 Å². The van der Waals surface area contributed by atoms with Gasteiger partial charge in [0.1, 0.15) is 11.5 Å². The zero-order chi connectivity index (χ0) is 18.8. The first-order chi connectivity index (χ1) is 13.2. The van der Waals surface area contributed by atoms with E-state index in [0.717, 1.165) is 17.7 Å². The minimum Gasteiger partial charge on any atom is -0.497 e. The van der Waals surface area contributed by atoms with Crippen LogP contribution in [-0.2, 0) is 13.0 Å². The molecule has 5 heteroatoms. The maximum Gasteiger partial charge on any atom is 0.254 e. The Morgan fingerprint density at radius 2 is 1.56 bits per heavy atom. The third-order valence-corrected chi connectivity index (χ3v) is 4.84. The third-order valence-electron chi connectivity index (χ3n) is 4.84. The second-order valence-electron chi connectivity index (χ2n) is 6.48. The van der Waals surface area contributed by atoms with Crippen LogP contribution in [0.1, 0.15) is 37.6 Å². The molecule has 0 atom stereocenters. The van der Waals surface area contributed by atoms with E-state index in [2.05, 4.69) is 0 Å². The van der Waals surface area contributed by atoms with Crippen molar-refractivity contribution >= 4 is 11.7 Å². The van der Waals surface area contributed by atoms with Crippen molar-refractivity contribution in [1.82, 2.24) is 4.90 Å². The number of benzene rings is 2. The van der Waals surface area contributed by atoms with E-state index in [1.54, 1.807) is 66.8 Å². The summed E-state index contributed by atoms with van der Waals surface area (Å²) in [6, 6.07) is 15.7. The molecule has 3 aromatic rings. The summed E-state index contributed by atoms with van der Waals surface area (Å²) in [7, 11) is 1.59. The summed E-state index contributed by atoms with van der Waals surface area (Å²) in [5, 5.41) is 0. The van der Waals surface area contributed by atoms with Gasteiger partial charge in [0.2, 0.25) is 0 Å². The molecule has 4 rings (SSSR count). The number of furan rings is 1. The molecule has 1 aliphatic heterocycles. The Bertz CT molecular complexity index is 970. The standard InChI is InChI=1S/C22H19NO4/c1-26-19-8-6-16(7-9-19)21(24)15-2-4-17(5-3-15)22(25)23-12-10-20-18(14-23)11-13-27-20/h2-9,11,13H,10,12,14H2,1H3. The predicted octanol–water partition coefficient (Wildman–Crippen LogP) is 3.72. The highest BCUT2D eigenvalue weighted by molar-refractivity contribution is 6.09. The molecule has 27 heavy (non-hydrogen) atoms. The fourth-order valence-corrected chi connectivity index (χ4v) is 3.28. The molecule has 0 N–H and O–H groups in total. The zero-order valence-electron chi connectivity index (χ0n) is 15.0. The second-order valence-corrected chi connectivity index (χ2v) is 6.48. The predicted molar refractivity (Wildman–Crippen MR) is 100 cm³/mol. The fraction of sp³-hybridized carbons (Fsp3) is 0.182. The van der Waals surface area contributed by atoms with Crippen molar-refractivity contribution in [3.63, 3.8) is 0 Å². The first-order valence-electron chi connectivity index (χ1n) is 8.79. The Balaban J connectivity index is 1.48. The molecule has 1 aromatic heterocycles. The second kappa shape index (κ2) is 7.11.